The summed E-state index contributed by atoms with van der Waals surface area (Å²) in [6.45, 7) is 1.27. The maximum absolute atomic E-state index is 12.7. The van der Waals surface area contributed by atoms with Gasteiger partial charge in [0.1, 0.15) is 0 Å². The molecule has 94 valence electrons. The summed E-state index contributed by atoms with van der Waals surface area (Å²) in [5, 5.41) is -0.400. The van der Waals surface area contributed by atoms with Gasteiger partial charge in [0.2, 0.25) is 0 Å². The maximum atomic E-state index is 12.7. The fourth-order valence-electron chi connectivity index (χ4n) is 1.17. The number of carbonyl (C=O) groups is 1. The van der Waals surface area contributed by atoms with Crippen LogP contribution in [0.5, 0.6) is 0 Å². The summed E-state index contributed by atoms with van der Waals surface area (Å²) in [5.74, 6) is -0.149. The van der Waals surface area contributed by atoms with Crippen LogP contribution in [0.15, 0.2) is 12.1 Å². The second-order valence-corrected chi connectivity index (χ2v) is 5.10. The van der Waals surface area contributed by atoms with Gasteiger partial charge >= 0.3 is 6.18 Å². The number of thioether (sulfide) groups is 1. The quantitative estimate of drug-likeness (QED) is 0.781. The number of hydrogen-bond donors (Lipinski definition) is 0. The Balaban J connectivity index is 3.22. The number of benzene rings is 1. The minimum absolute atomic E-state index is 0.0406. The van der Waals surface area contributed by atoms with E-state index in [1.165, 1.54) is 6.92 Å². The van der Waals surface area contributed by atoms with Gasteiger partial charge in [-0.2, -0.15) is 13.2 Å². The molecular weight excluding hydrogens is 296 g/mol. The van der Waals surface area contributed by atoms with Crippen LogP contribution in [-0.4, -0.2) is 5.12 Å². The van der Waals surface area contributed by atoms with Crippen molar-refractivity contribution in [1.82, 2.24) is 0 Å². The first kappa shape index (κ1) is 14.7. The minimum atomic E-state index is -4.51. The highest BCUT2D eigenvalue weighted by Crippen LogP contribution is 2.39. The van der Waals surface area contributed by atoms with Crippen molar-refractivity contribution < 1.29 is 18.0 Å². The molecule has 0 amide bonds. The molecule has 0 spiro atoms. The summed E-state index contributed by atoms with van der Waals surface area (Å²) in [7, 11) is 0. The average Bonchev–Trinajstić information content (AvgIpc) is 2.18. The van der Waals surface area contributed by atoms with E-state index >= 15 is 0 Å². The average molecular weight is 303 g/mol. The van der Waals surface area contributed by atoms with E-state index in [4.69, 9.17) is 23.2 Å². The molecule has 0 atom stereocenters. The van der Waals surface area contributed by atoms with Crippen LogP contribution >= 0.6 is 35.0 Å². The molecule has 1 aromatic rings. The van der Waals surface area contributed by atoms with Gasteiger partial charge in [0, 0.05) is 12.7 Å². The lowest BCUT2D eigenvalue weighted by atomic mass is 10.1. The van der Waals surface area contributed by atoms with Gasteiger partial charge in [-0.15, -0.1) is 0 Å². The summed E-state index contributed by atoms with van der Waals surface area (Å²) in [5.41, 5.74) is -1.02. The second-order valence-electron chi connectivity index (χ2n) is 3.17. The number of halogens is 5. The molecule has 0 fully saturated rings. The van der Waals surface area contributed by atoms with Crippen LogP contribution < -0.4 is 0 Å². The minimum Gasteiger partial charge on any atom is -0.288 e. The predicted octanol–water partition coefficient (Wildman–Crippen LogP) is 4.79. The van der Waals surface area contributed by atoms with Crippen molar-refractivity contribution in [3.05, 3.63) is 33.3 Å². The van der Waals surface area contributed by atoms with Gasteiger partial charge < -0.3 is 0 Å². The van der Waals surface area contributed by atoms with Crippen LogP contribution in [0.25, 0.3) is 0 Å². The Bertz CT molecular complexity index is 446. The van der Waals surface area contributed by atoms with Crippen LogP contribution in [0.2, 0.25) is 10.0 Å². The lowest BCUT2D eigenvalue weighted by Gasteiger charge is -2.14. The van der Waals surface area contributed by atoms with Crippen molar-refractivity contribution >= 4 is 40.1 Å². The standard InChI is InChI=1S/C10H7Cl2F3OS/c1-5(16)17-4-6-7(10(13,14)15)2-3-8(11)9(6)12/h2-3H,4H2,1H3. The zero-order valence-corrected chi connectivity index (χ0v) is 10.9. The van der Waals surface area contributed by atoms with Crippen molar-refractivity contribution in [2.45, 2.75) is 18.9 Å². The van der Waals surface area contributed by atoms with Crippen molar-refractivity contribution in [2.24, 2.45) is 0 Å². The van der Waals surface area contributed by atoms with Gasteiger partial charge in [0.25, 0.3) is 0 Å². The van der Waals surface area contributed by atoms with Crippen LogP contribution in [0.4, 0.5) is 13.2 Å². The summed E-state index contributed by atoms with van der Waals surface area (Å²) in [4.78, 5) is 10.8. The number of carbonyl (C=O) groups excluding carboxylic acids is 1. The number of rotatable bonds is 2. The third kappa shape index (κ3) is 3.79. The molecule has 0 saturated heterocycles. The first-order valence-corrected chi connectivity index (χ1v) is 6.15. The Morgan fingerprint density at radius 2 is 1.94 bits per heavy atom. The molecule has 7 heteroatoms. The van der Waals surface area contributed by atoms with Crippen LogP contribution in [0.1, 0.15) is 18.1 Å². The topological polar surface area (TPSA) is 17.1 Å². The molecule has 0 aliphatic carbocycles. The van der Waals surface area contributed by atoms with Gasteiger partial charge in [-0.25, -0.2) is 0 Å². The molecule has 0 bridgehead atoms. The lowest BCUT2D eigenvalue weighted by molar-refractivity contribution is -0.138. The normalized spacial score (nSPS) is 11.6. The summed E-state index contributed by atoms with van der Waals surface area (Å²) in [6.07, 6.45) is -4.51. The molecule has 1 nitrogen and oxygen atoms in total. The van der Waals surface area contributed by atoms with Gasteiger partial charge in [0.15, 0.2) is 5.12 Å². The van der Waals surface area contributed by atoms with E-state index in [0.29, 0.717) is 0 Å². The van der Waals surface area contributed by atoms with Crippen LogP contribution in [0.3, 0.4) is 0 Å². The van der Waals surface area contributed by atoms with Crippen LogP contribution in [-0.2, 0) is 16.7 Å². The van der Waals surface area contributed by atoms with Gasteiger partial charge in [0.05, 0.1) is 15.6 Å². The molecular formula is C10H7Cl2F3OS. The molecule has 0 aliphatic rings. The smallest absolute Gasteiger partial charge is 0.288 e. The number of hydrogen-bond acceptors (Lipinski definition) is 2. The molecule has 1 aromatic carbocycles. The van der Waals surface area contributed by atoms with E-state index in [1.54, 1.807) is 0 Å². The molecule has 0 saturated carbocycles. The molecule has 0 aliphatic heterocycles. The molecule has 0 heterocycles. The fraction of sp³-hybridized carbons (Fsp3) is 0.300. The Hall–Kier alpha value is -0.390. The Labute approximate surface area is 110 Å². The SMILES string of the molecule is CC(=O)SCc1c(C(F)(F)F)ccc(Cl)c1Cl. The monoisotopic (exact) mass is 302 g/mol. The van der Waals surface area contributed by atoms with Gasteiger partial charge in [-0.1, -0.05) is 35.0 Å². The Morgan fingerprint density at radius 3 is 2.41 bits per heavy atom. The lowest BCUT2D eigenvalue weighted by Crippen LogP contribution is -2.09. The molecule has 0 aromatic heterocycles. The highest BCUT2D eigenvalue weighted by molar-refractivity contribution is 8.12. The zero-order chi connectivity index (χ0) is 13.2. The third-order valence-corrected chi connectivity index (χ3v) is 3.60. The first-order valence-electron chi connectivity index (χ1n) is 4.41. The highest BCUT2D eigenvalue weighted by Gasteiger charge is 2.34. The first-order chi connectivity index (χ1) is 7.73. The van der Waals surface area contributed by atoms with E-state index in [1.807, 2.05) is 0 Å². The van der Waals surface area contributed by atoms with E-state index in [0.717, 1.165) is 23.9 Å². The van der Waals surface area contributed by atoms with Gasteiger partial charge in [-0.3, -0.25) is 4.79 Å². The van der Waals surface area contributed by atoms with Crippen molar-refractivity contribution in [1.29, 1.82) is 0 Å². The largest absolute Gasteiger partial charge is 0.416 e. The van der Waals surface area contributed by atoms with E-state index in [2.05, 4.69) is 0 Å². The zero-order valence-electron chi connectivity index (χ0n) is 8.57. The summed E-state index contributed by atoms with van der Waals surface area (Å²) in [6, 6.07) is 1.96. The third-order valence-electron chi connectivity index (χ3n) is 1.92. The van der Waals surface area contributed by atoms with Gasteiger partial charge in [-0.05, 0) is 17.7 Å². The highest BCUT2D eigenvalue weighted by atomic mass is 35.5. The molecule has 0 unspecified atom stereocenters. The summed E-state index contributed by atoms with van der Waals surface area (Å²) < 4.78 is 38.1. The van der Waals surface area contributed by atoms with Crippen LogP contribution in [0, 0.1) is 0 Å². The van der Waals surface area contributed by atoms with E-state index in [9.17, 15) is 18.0 Å². The second kappa shape index (κ2) is 5.50. The van der Waals surface area contributed by atoms with Crippen molar-refractivity contribution in [3.63, 3.8) is 0 Å². The predicted molar refractivity (Wildman–Crippen MR) is 63.4 cm³/mol. The number of alkyl halides is 3. The molecule has 17 heavy (non-hydrogen) atoms. The van der Waals surface area contributed by atoms with E-state index < -0.39 is 11.7 Å². The molecule has 1 rings (SSSR count). The van der Waals surface area contributed by atoms with Crippen molar-refractivity contribution in [3.8, 4) is 0 Å². The van der Waals surface area contributed by atoms with Crippen molar-refractivity contribution in [2.75, 3.05) is 0 Å². The fourth-order valence-corrected chi connectivity index (χ4v) is 2.31. The summed E-state index contributed by atoms with van der Waals surface area (Å²) >= 11 is 12.1. The maximum Gasteiger partial charge on any atom is 0.416 e. The Kier molecular flexibility index (Phi) is 4.75. The van der Waals surface area contributed by atoms with E-state index in [-0.39, 0.29) is 26.5 Å². The Morgan fingerprint density at radius 1 is 1.35 bits per heavy atom. The molecule has 0 radical (unpaired) electrons. The molecule has 0 N–H and O–H groups in total.